The molecule has 0 radical (unpaired) electrons. The molecule has 0 fully saturated rings. The first-order valence-electron chi connectivity index (χ1n) is 31.8. The summed E-state index contributed by atoms with van der Waals surface area (Å²) < 4.78 is 5.99. The van der Waals surface area contributed by atoms with Crippen molar-refractivity contribution in [2.75, 3.05) is 6.61 Å². The lowest BCUT2D eigenvalue weighted by Crippen LogP contribution is -2.46. The van der Waals surface area contributed by atoms with Gasteiger partial charge in [0.1, 0.15) is 6.10 Å². The van der Waals surface area contributed by atoms with Gasteiger partial charge in [-0.15, -0.1) is 0 Å². The third-order valence-electron chi connectivity index (χ3n) is 15.2. The standard InChI is InChI=1S/C63H125NO5/c1-4-7-10-13-16-19-22-25-28-30-31-32-35-38-41-44-47-50-53-56-63(68)69-59(54-51-48-45-42-39-36-33-27-24-21-18-15-12-9-6-3)57-62(67)64-60(58-65)61(66)55-52-49-46-43-40-37-34-29-26-23-20-17-14-11-8-5-2/h59-61,65-66H,4-58H2,1-3H3,(H,64,67). The zero-order valence-corrected chi connectivity index (χ0v) is 47.2. The maximum Gasteiger partial charge on any atom is 0.306 e. The third kappa shape index (κ3) is 53.0. The van der Waals surface area contributed by atoms with Crippen LogP contribution in [0, 0.1) is 0 Å². The SMILES string of the molecule is CCCCCCCCCCCCCCCCCCCCCC(=O)OC(CCCCCCCCCCCCCCCCC)CC(=O)NC(CO)C(O)CCCCCCCCCCCCCCCCCC. The lowest BCUT2D eigenvalue weighted by atomic mass is 10.0. The Balaban J connectivity index is 4.44. The zero-order chi connectivity index (χ0) is 50.2. The number of aliphatic hydroxyl groups is 2. The predicted molar refractivity (Wildman–Crippen MR) is 301 cm³/mol. The van der Waals surface area contributed by atoms with Crippen molar-refractivity contribution < 1.29 is 24.5 Å². The Bertz CT molecular complexity index is 1010. The van der Waals surface area contributed by atoms with Crippen LogP contribution in [0.5, 0.6) is 0 Å². The minimum absolute atomic E-state index is 0.0891. The molecular weight excluding hydrogens is 851 g/mol. The van der Waals surface area contributed by atoms with Crippen LogP contribution in [0.3, 0.4) is 0 Å². The van der Waals surface area contributed by atoms with E-state index < -0.39 is 18.2 Å². The highest BCUT2D eigenvalue weighted by atomic mass is 16.5. The number of hydrogen-bond acceptors (Lipinski definition) is 5. The average Bonchev–Trinajstić information content (AvgIpc) is 3.34. The van der Waals surface area contributed by atoms with Crippen LogP contribution in [0.2, 0.25) is 0 Å². The Kier molecular flexibility index (Phi) is 56.8. The highest BCUT2D eigenvalue weighted by Gasteiger charge is 2.24. The molecule has 412 valence electrons. The molecule has 3 atom stereocenters. The molecule has 0 aromatic rings. The third-order valence-corrected chi connectivity index (χ3v) is 15.2. The van der Waals surface area contributed by atoms with E-state index >= 15 is 0 Å². The number of aliphatic hydroxyl groups excluding tert-OH is 2. The van der Waals surface area contributed by atoms with Crippen LogP contribution in [0.15, 0.2) is 0 Å². The van der Waals surface area contributed by atoms with Gasteiger partial charge >= 0.3 is 5.97 Å². The Morgan fingerprint density at radius 3 is 0.884 bits per heavy atom. The van der Waals surface area contributed by atoms with E-state index in [0.717, 1.165) is 38.5 Å². The van der Waals surface area contributed by atoms with E-state index in [-0.39, 0.29) is 24.9 Å². The van der Waals surface area contributed by atoms with Crippen LogP contribution in [0.1, 0.15) is 367 Å². The number of rotatable bonds is 59. The van der Waals surface area contributed by atoms with Crippen molar-refractivity contribution in [2.45, 2.75) is 386 Å². The van der Waals surface area contributed by atoms with E-state index in [2.05, 4.69) is 26.1 Å². The molecule has 69 heavy (non-hydrogen) atoms. The maximum atomic E-state index is 13.3. The number of carbonyl (C=O) groups is 2. The minimum Gasteiger partial charge on any atom is -0.462 e. The Morgan fingerprint density at radius 1 is 0.362 bits per heavy atom. The van der Waals surface area contributed by atoms with Gasteiger partial charge in [-0.3, -0.25) is 9.59 Å². The summed E-state index contributed by atoms with van der Waals surface area (Å²) in [6, 6.07) is -0.694. The molecule has 1 amide bonds. The number of esters is 1. The summed E-state index contributed by atoms with van der Waals surface area (Å²) in [5.41, 5.74) is 0. The van der Waals surface area contributed by atoms with E-state index in [1.54, 1.807) is 0 Å². The van der Waals surface area contributed by atoms with Crippen molar-refractivity contribution >= 4 is 11.9 Å². The van der Waals surface area contributed by atoms with Crippen LogP contribution >= 0.6 is 0 Å². The molecule has 0 aliphatic rings. The maximum absolute atomic E-state index is 13.3. The van der Waals surface area contributed by atoms with E-state index in [9.17, 15) is 19.8 Å². The molecule has 0 spiro atoms. The van der Waals surface area contributed by atoms with Crippen LogP contribution < -0.4 is 5.32 Å². The average molecular weight is 977 g/mol. The number of unbranched alkanes of at least 4 members (excludes halogenated alkanes) is 47. The zero-order valence-electron chi connectivity index (χ0n) is 47.2. The Hall–Kier alpha value is -1.14. The summed E-state index contributed by atoms with van der Waals surface area (Å²) in [5.74, 6) is -0.440. The number of carbonyl (C=O) groups excluding carboxylic acids is 2. The molecule has 3 N–H and O–H groups in total. The van der Waals surface area contributed by atoms with Crippen LogP contribution in [-0.2, 0) is 14.3 Å². The molecule has 0 heterocycles. The van der Waals surface area contributed by atoms with Crippen LogP contribution in [0.25, 0.3) is 0 Å². The highest BCUT2D eigenvalue weighted by molar-refractivity contribution is 5.77. The first-order valence-corrected chi connectivity index (χ1v) is 31.8. The lowest BCUT2D eigenvalue weighted by molar-refractivity contribution is -0.151. The van der Waals surface area contributed by atoms with Gasteiger partial charge in [0.15, 0.2) is 0 Å². The normalized spacial score (nSPS) is 12.9. The number of amides is 1. The van der Waals surface area contributed by atoms with E-state index in [1.807, 2.05) is 0 Å². The number of nitrogens with one attached hydrogen (secondary N) is 1. The summed E-state index contributed by atoms with van der Waals surface area (Å²) in [6.07, 6.45) is 66.1. The molecule has 6 nitrogen and oxygen atoms in total. The van der Waals surface area contributed by atoms with E-state index in [4.69, 9.17) is 4.74 Å². The fourth-order valence-corrected chi connectivity index (χ4v) is 10.4. The summed E-state index contributed by atoms with van der Waals surface area (Å²) in [5, 5.41) is 24.0. The second-order valence-electron chi connectivity index (χ2n) is 22.2. The lowest BCUT2D eigenvalue weighted by Gasteiger charge is -2.24. The van der Waals surface area contributed by atoms with Gasteiger partial charge in [-0.25, -0.2) is 0 Å². The second kappa shape index (κ2) is 57.8. The smallest absolute Gasteiger partial charge is 0.306 e. The summed E-state index contributed by atoms with van der Waals surface area (Å²) in [4.78, 5) is 26.4. The minimum atomic E-state index is -0.781. The van der Waals surface area contributed by atoms with Gasteiger partial charge in [0.25, 0.3) is 0 Å². The van der Waals surface area contributed by atoms with Crippen molar-refractivity contribution in [1.29, 1.82) is 0 Å². The van der Waals surface area contributed by atoms with Crippen molar-refractivity contribution in [2.24, 2.45) is 0 Å². The van der Waals surface area contributed by atoms with Gasteiger partial charge in [0.2, 0.25) is 5.91 Å². The first kappa shape index (κ1) is 67.9. The topological polar surface area (TPSA) is 95.9 Å². The van der Waals surface area contributed by atoms with Gasteiger partial charge in [-0.1, -0.05) is 329 Å². The van der Waals surface area contributed by atoms with Crippen molar-refractivity contribution in [3.05, 3.63) is 0 Å². The fourth-order valence-electron chi connectivity index (χ4n) is 10.4. The molecule has 0 saturated heterocycles. The Labute approximate surface area is 432 Å². The van der Waals surface area contributed by atoms with Crippen molar-refractivity contribution in [3.8, 4) is 0 Å². The van der Waals surface area contributed by atoms with Crippen LogP contribution in [-0.4, -0.2) is 46.9 Å². The molecule has 0 saturated carbocycles. The molecule has 0 aromatic carbocycles. The highest BCUT2D eigenvalue weighted by Crippen LogP contribution is 2.20. The predicted octanol–water partition coefficient (Wildman–Crippen LogP) is 19.9. The number of ether oxygens (including phenoxy) is 1. The fraction of sp³-hybridized carbons (Fsp3) is 0.968. The van der Waals surface area contributed by atoms with Gasteiger partial charge in [0.05, 0.1) is 25.2 Å². The second-order valence-corrected chi connectivity index (χ2v) is 22.2. The molecule has 6 heteroatoms. The molecule has 0 rings (SSSR count). The molecular formula is C63H125NO5. The number of hydrogen-bond donors (Lipinski definition) is 3. The quantitative estimate of drug-likeness (QED) is 0.0417. The largest absolute Gasteiger partial charge is 0.462 e. The van der Waals surface area contributed by atoms with Crippen LogP contribution in [0.4, 0.5) is 0 Å². The molecule has 0 aliphatic heterocycles. The van der Waals surface area contributed by atoms with Gasteiger partial charge in [-0.05, 0) is 25.7 Å². The van der Waals surface area contributed by atoms with Gasteiger partial charge in [0, 0.05) is 6.42 Å². The molecule has 0 bridgehead atoms. The van der Waals surface area contributed by atoms with Crippen molar-refractivity contribution in [1.82, 2.24) is 5.32 Å². The first-order chi connectivity index (χ1) is 34.0. The molecule has 0 aromatic heterocycles. The van der Waals surface area contributed by atoms with Gasteiger partial charge in [-0.2, -0.15) is 0 Å². The summed E-state index contributed by atoms with van der Waals surface area (Å²) in [6.45, 7) is 6.56. The van der Waals surface area contributed by atoms with Gasteiger partial charge < -0.3 is 20.3 Å². The Morgan fingerprint density at radius 2 is 0.609 bits per heavy atom. The summed E-state index contributed by atoms with van der Waals surface area (Å²) >= 11 is 0. The van der Waals surface area contributed by atoms with Crippen molar-refractivity contribution in [3.63, 3.8) is 0 Å². The van der Waals surface area contributed by atoms with E-state index in [0.29, 0.717) is 19.3 Å². The summed E-state index contributed by atoms with van der Waals surface area (Å²) in [7, 11) is 0. The molecule has 3 unspecified atom stereocenters. The monoisotopic (exact) mass is 976 g/mol. The molecule has 0 aliphatic carbocycles. The van der Waals surface area contributed by atoms with E-state index in [1.165, 1.54) is 283 Å².